The van der Waals surface area contributed by atoms with Crippen molar-refractivity contribution >= 4 is 21.8 Å². The van der Waals surface area contributed by atoms with Gasteiger partial charge in [-0.1, -0.05) is 22.0 Å². The van der Waals surface area contributed by atoms with Gasteiger partial charge in [0.25, 0.3) is 0 Å². The molecule has 16 heavy (non-hydrogen) atoms. The Morgan fingerprint density at radius 2 is 2.00 bits per heavy atom. The molecule has 0 bridgehead atoms. The Hall–Kier alpha value is -0.970. The molecule has 0 aliphatic carbocycles. The van der Waals surface area contributed by atoms with Crippen molar-refractivity contribution in [2.45, 2.75) is 19.4 Å². The number of hydrogen-bond donors (Lipinski definition) is 1. The van der Waals surface area contributed by atoms with Crippen molar-refractivity contribution in [3.05, 3.63) is 35.4 Å². The van der Waals surface area contributed by atoms with Crippen LogP contribution in [0.1, 0.15) is 12.5 Å². The topological polar surface area (TPSA) is 29.1 Å². The first kappa shape index (κ1) is 13.1. The van der Waals surface area contributed by atoms with Gasteiger partial charge in [-0.25, -0.2) is 8.78 Å². The maximum Gasteiger partial charge on any atom is 0.230 e. The number of carbonyl (C=O) groups excluding carboxylic acids is 1. The largest absolute Gasteiger partial charge is 0.353 e. The van der Waals surface area contributed by atoms with Crippen LogP contribution in [0.15, 0.2) is 18.2 Å². The molecular weight excluding hydrogens is 280 g/mol. The maximum absolute atomic E-state index is 13.3. The predicted octanol–water partition coefficient (Wildman–Crippen LogP) is 2.41. The highest BCUT2D eigenvalue weighted by molar-refractivity contribution is 9.09. The van der Waals surface area contributed by atoms with Crippen molar-refractivity contribution in [2.24, 2.45) is 0 Å². The SMILES string of the molecule is CC(Cc1c(F)cccc1F)NC(=O)CBr. The molecule has 0 aromatic heterocycles. The number of rotatable bonds is 4. The number of nitrogens with one attached hydrogen (secondary N) is 1. The van der Waals surface area contributed by atoms with Crippen molar-refractivity contribution in [2.75, 3.05) is 5.33 Å². The predicted molar refractivity (Wildman–Crippen MR) is 61.5 cm³/mol. The molecule has 1 atom stereocenters. The second-order valence-electron chi connectivity index (χ2n) is 3.51. The highest BCUT2D eigenvalue weighted by atomic mass is 79.9. The van der Waals surface area contributed by atoms with E-state index in [0.717, 1.165) is 0 Å². The minimum Gasteiger partial charge on any atom is -0.353 e. The molecule has 1 aromatic rings. The van der Waals surface area contributed by atoms with Crippen LogP contribution in [-0.4, -0.2) is 17.3 Å². The second kappa shape index (κ2) is 5.94. The molecule has 0 radical (unpaired) electrons. The molecule has 1 aromatic carbocycles. The normalized spacial score (nSPS) is 12.2. The average Bonchev–Trinajstić information content (AvgIpc) is 2.23. The van der Waals surface area contributed by atoms with Gasteiger partial charge < -0.3 is 5.32 Å². The highest BCUT2D eigenvalue weighted by Gasteiger charge is 2.13. The van der Waals surface area contributed by atoms with E-state index in [1.165, 1.54) is 18.2 Å². The Morgan fingerprint density at radius 1 is 1.44 bits per heavy atom. The van der Waals surface area contributed by atoms with Crippen LogP contribution in [0.25, 0.3) is 0 Å². The Bertz CT molecular complexity index is 364. The van der Waals surface area contributed by atoms with Gasteiger partial charge >= 0.3 is 0 Å². The second-order valence-corrected chi connectivity index (χ2v) is 4.07. The first-order valence-corrected chi connectivity index (χ1v) is 5.95. The molecule has 2 nitrogen and oxygen atoms in total. The molecule has 1 amide bonds. The third-order valence-electron chi connectivity index (χ3n) is 2.10. The van der Waals surface area contributed by atoms with Crippen molar-refractivity contribution in [1.29, 1.82) is 0 Å². The number of halogens is 3. The zero-order valence-corrected chi connectivity index (χ0v) is 10.4. The van der Waals surface area contributed by atoms with Gasteiger partial charge in [-0.05, 0) is 25.5 Å². The first-order valence-electron chi connectivity index (χ1n) is 4.82. The van der Waals surface area contributed by atoms with Crippen LogP contribution >= 0.6 is 15.9 Å². The Labute approximate surface area is 101 Å². The third kappa shape index (κ3) is 3.56. The highest BCUT2D eigenvalue weighted by Crippen LogP contribution is 2.14. The van der Waals surface area contributed by atoms with Crippen LogP contribution in [0, 0.1) is 11.6 Å². The van der Waals surface area contributed by atoms with Crippen molar-refractivity contribution < 1.29 is 13.6 Å². The molecule has 0 spiro atoms. The zero-order valence-electron chi connectivity index (χ0n) is 8.77. The Morgan fingerprint density at radius 3 is 2.50 bits per heavy atom. The molecule has 0 aliphatic heterocycles. The quantitative estimate of drug-likeness (QED) is 0.848. The maximum atomic E-state index is 13.3. The van der Waals surface area contributed by atoms with E-state index in [9.17, 15) is 13.6 Å². The smallest absolute Gasteiger partial charge is 0.230 e. The number of alkyl halides is 1. The van der Waals surface area contributed by atoms with E-state index >= 15 is 0 Å². The monoisotopic (exact) mass is 291 g/mol. The minimum absolute atomic E-state index is 0.00451. The molecule has 0 saturated carbocycles. The van der Waals surface area contributed by atoms with Crippen LogP contribution in [0.4, 0.5) is 8.78 Å². The fourth-order valence-electron chi connectivity index (χ4n) is 1.40. The molecule has 0 heterocycles. The number of benzene rings is 1. The molecule has 1 N–H and O–H groups in total. The van der Waals surface area contributed by atoms with Gasteiger partial charge in [-0.15, -0.1) is 0 Å². The molecule has 0 fully saturated rings. The van der Waals surface area contributed by atoms with E-state index in [4.69, 9.17) is 0 Å². The summed E-state index contributed by atoms with van der Waals surface area (Å²) in [5.41, 5.74) is 0.00451. The molecule has 5 heteroatoms. The summed E-state index contributed by atoms with van der Waals surface area (Å²) in [7, 11) is 0. The standard InChI is InChI=1S/C11H12BrF2NO/c1-7(15-11(16)6-12)5-8-9(13)3-2-4-10(8)14/h2-4,7H,5-6H2,1H3,(H,15,16). The summed E-state index contributed by atoms with van der Waals surface area (Å²) in [6, 6.07) is 3.42. The van der Waals surface area contributed by atoms with Crippen LogP contribution < -0.4 is 5.32 Å². The van der Waals surface area contributed by atoms with Gasteiger partial charge in [0, 0.05) is 11.6 Å². The minimum atomic E-state index is -0.583. The zero-order chi connectivity index (χ0) is 12.1. The van der Waals surface area contributed by atoms with Crippen LogP contribution in [0.5, 0.6) is 0 Å². The summed E-state index contributed by atoms with van der Waals surface area (Å²) in [4.78, 5) is 11.0. The third-order valence-corrected chi connectivity index (χ3v) is 2.61. The first-order chi connectivity index (χ1) is 7.54. The lowest BCUT2D eigenvalue weighted by Gasteiger charge is -2.13. The van der Waals surface area contributed by atoms with E-state index < -0.39 is 11.6 Å². The number of amides is 1. The molecule has 0 aliphatic rings. The van der Waals surface area contributed by atoms with E-state index in [2.05, 4.69) is 21.2 Å². The van der Waals surface area contributed by atoms with E-state index in [1.807, 2.05) is 0 Å². The van der Waals surface area contributed by atoms with Gasteiger partial charge in [0.1, 0.15) is 11.6 Å². The van der Waals surface area contributed by atoms with Crippen molar-refractivity contribution in [3.63, 3.8) is 0 Å². The summed E-state index contributed by atoms with van der Waals surface area (Å²) >= 11 is 3.00. The number of carbonyl (C=O) groups is 1. The van der Waals surface area contributed by atoms with E-state index in [-0.39, 0.29) is 29.3 Å². The van der Waals surface area contributed by atoms with E-state index in [1.54, 1.807) is 6.92 Å². The molecular formula is C11H12BrF2NO. The lowest BCUT2D eigenvalue weighted by atomic mass is 10.1. The fourth-order valence-corrected chi connectivity index (χ4v) is 1.56. The molecule has 88 valence electrons. The molecule has 0 saturated heterocycles. The van der Waals surface area contributed by atoms with Crippen LogP contribution in [-0.2, 0) is 11.2 Å². The van der Waals surface area contributed by atoms with Gasteiger partial charge in [0.05, 0.1) is 5.33 Å². The summed E-state index contributed by atoms with van der Waals surface area (Å²) in [6.45, 7) is 1.70. The Balaban J connectivity index is 2.69. The van der Waals surface area contributed by atoms with Gasteiger partial charge in [-0.3, -0.25) is 4.79 Å². The van der Waals surface area contributed by atoms with E-state index in [0.29, 0.717) is 0 Å². The fraction of sp³-hybridized carbons (Fsp3) is 0.364. The van der Waals surface area contributed by atoms with Gasteiger partial charge in [-0.2, -0.15) is 0 Å². The van der Waals surface area contributed by atoms with Crippen LogP contribution in [0.3, 0.4) is 0 Å². The lowest BCUT2D eigenvalue weighted by molar-refractivity contribution is -0.119. The Kier molecular flexibility index (Phi) is 4.86. The van der Waals surface area contributed by atoms with Gasteiger partial charge in [0.2, 0.25) is 5.91 Å². The van der Waals surface area contributed by atoms with Gasteiger partial charge in [0.15, 0.2) is 0 Å². The summed E-state index contributed by atoms with van der Waals surface area (Å²) in [6.07, 6.45) is 0.136. The summed E-state index contributed by atoms with van der Waals surface area (Å²) in [5, 5.41) is 2.79. The van der Waals surface area contributed by atoms with Crippen LogP contribution in [0.2, 0.25) is 0 Å². The molecule has 1 unspecified atom stereocenters. The molecule has 1 rings (SSSR count). The summed E-state index contributed by atoms with van der Waals surface area (Å²) < 4.78 is 26.5. The lowest BCUT2D eigenvalue weighted by Crippen LogP contribution is -2.35. The summed E-state index contributed by atoms with van der Waals surface area (Å²) in [5.74, 6) is -1.37. The average molecular weight is 292 g/mol. The van der Waals surface area contributed by atoms with Crippen molar-refractivity contribution in [3.8, 4) is 0 Å². The number of hydrogen-bond acceptors (Lipinski definition) is 1. The van der Waals surface area contributed by atoms with Crippen molar-refractivity contribution in [1.82, 2.24) is 5.32 Å².